The minimum atomic E-state index is -0.0850. The lowest BCUT2D eigenvalue weighted by atomic mass is 9.91. The maximum absolute atomic E-state index is 12.2. The number of aromatic nitrogens is 1. The fourth-order valence-electron chi connectivity index (χ4n) is 2.17. The van der Waals surface area contributed by atoms with E-state index in [1.165, 1.54) is 17.8 Å². The fourth-order valence-corrected chi connectivity index (χ4v) is 3.08. The van der Waals surface area contributed by atoms with E-state index in [9.17, 15) is 4.79 Å². The summed E-state index contributed by atoms with van der Waals surface area (Å²) in [5, 5.41) is 6.38. The zero-order valence-electron chi connectivity index (χ0n) is 12.1. The monoisotopic (exact) mass is 339 g/mol. The third-order valence-corrected chi connectivity index (χ3v) is 3.98. The van der Waals surface area contributed by atoms with Crippen LogP contribution in [0.15, 0.2) is 5.51 Å². The van der Waals surface area contributed by atoms with Gasteiger partial charge in [0.25, 0.3) is 5.91 Å². The van der Waals surface area contributed by atoms with Crippen LogP contribution in [0.1, 0.15) is 49.0 Å². The van der Waals surface area contributed by atoms with E-state index in [-0.39, 0.29) is 36.1 Å². The molecule has 1 aromatic rings. The first-order valence-corrected chi connectivity index (χ1v) is 7.32. The maximum Gasteiger partial charge on any atom is 0.263 e. The van der Waals surface area contributed by atoms with Crippen LogP contribution in [0.25, 0.3) is 0 Å². The van der Waals surface area contributed by atoms with Crippen molar-refractivity contribution < 1.29 is 4.79 Å². The van der Waals surface area contributed by atoms with Gasteiger partial charge < -0.3 is 10.6 Å². The molecule has 1 aromatic heterocycles. The van der Waals surface area contributed by atoms with Gasteiger partial charge in [0, 0.05) is 18.0 Å². The van der Waals surface area contributed by atoms with Crippen LogP contribution in [-0.4, -0.2) is 30.0 Å². The highest BCUT2D eigenvalue weighted by atomic mass is 35.5. The molecule has 1 unspecified atom stereocenters. The molecule has 2 rings (SSSR count). The average Bonchev–Trinajstić information content (AvgIpc) is 2.95. The van der Waals surface area contributed by atoms with E-state index in [0.717, 1.165) is 23.5 Å². The van der Waals surface area contributed by atoms with Crippen molar-refractivity contribution in [2.24, 2.45) is 0 Å². The lowest BCUT2D eigenvalue weighted by molar-refractivity contribution is 0.0952. The molecule has 20 heavy (non-hydrogen) atoms. The quantitative estimate of drug-likeness (QED) is 0.890. The van der Waals surface area contributed by atoms with Crippen LogP contribution in [0.5, 0.6) is 0 Å². The summed E-state index contributed by atoms with van der Waals surface area (Å²) in [7, 11) is 0. The van der Waals surface area contributed by atoms with Gasteiger partial charge in [-0.1, -0.05) is 20.8 Å². The van der Waals surface area contributed by atoms with E-state index in [0.29, 0.717) is 12.6 Å². The number of amides is 1. The maximum atomic E-state index is 12.2. The van der Waals surface area contributed by atoms with Crippen molar-refractivity contribution in [1.82, 2.24) is 15.6 Å². The van der Waals surface area contributed by atoms with Gasteiger partial charge in [0.2, 0.25) is 0 Å². The minimum absolute atomic E-state index is 0. The molecule has 4 nitrogen and oxygen atoms in total. The molecule has 0 spiro atoms. The standard InChI is InChI=1S/C13H21N3OS.2ClH/c1-13(2,3)11-10(18-8-16-11)12(17)15-7-9-5-4-6-14-9;;/h8-9,14H,4-7H2,1-3H3,(H,15,17);2*1H. The zero-order valence-corrected chi connectivity index (χ0v) is 14.5. The van der Waals surface area contributed by atoms with Crippen molar-refractivity contribution in [3.63, 3.8) is 0 Å². The van der Waals surface area contributed by atoms with E-state index in [4.69, 9.17) is 0 Å². The molecule has 2 N–H and O–H groups in total. The normalized spacial score (nSPS) is 18.1. The van der Waals surface area contributed by atoms with E-state index >= 15 is 0 Å². The molecule has 1 aliphatic rings. The Hall–Kier alpha value is -0.360. The Bertz CT molecular complexity index is 425. The molecule has 0 aromatic carbocycles. The molecule has 2 heterocycles. The lowest BCUT2D eigenvalue weighted by Crippen LogP contribution is -2.37. The number of thiazole rings is 1. The Kier molecular flexibility index (Phi) is 8.03. The summed E-state index contributed by atoms with van der Waals surface area (Å²) in [6.07, 6.45) is 2.35. The summed E-state index contributed by atoms with van der Waals surface area (Å²) < 4.78 is 0. The highest BCUT2D eigenvalue weighted by Crippen LogP contribution is 2.26. The molecule has 116 valence electrons. The number of carbonyl (C=O) groups excluding carboxylic acids is 1. The summed E-state index contributed by atoms with van der Waals surface area (Å²) >= 11 is 1.42. The zero-order chi connectivity index (χ0) is 13.2. The van der Waals surface area contributed by atoms with Crippen LogP contribution in [0, 0.1) is 0 Å². The van der Waals surface area contributed by atoms with Gasteiger partial charge >= 0.3 is 0 Å². The molecule has 1 aliphatic heterocycles. The number of nitrogens with zero attached hydrogens (tertiary/aromatic N) is 1. The summed E-state index contributed by atoms with van der Waals surface area (Å²) in [5.74, 6) is 0.0103. The largest absolute Gasteiger partial charge is 0.350 e. The number of carbonyl (C=O) groups is 1. The minimum Gasteiger partial charge on any atom is -0.350 e. The molecule has 7 heteroatoms. The number of nitrogens with one attached hydrogen (secondary N) is 2. The van der Waals surface area contributed by atoms with E-state index in [1.54, 1.807) is 5.51 Å². The topological polar surface area (TPSA) is 54.0 Å². The molecule has 0 bridgehead atoms. The van der Waals surface area contributed by atoms with Crippen LogP contribution >= 0.6 is 36.2 Å². The fraction of sp³-hybridized carbons (Fsp3) is 0.692. The van der Waals surface area contributed by atoms with E-state index < -0.39 is 0 Å². The molecule has 1 fully saturated rings. The molecule has 0 radical (unpaired) electrons. The molecular formula is C13H23Cl2N3OS. The van der Waals surface area contributed by atoms with Gasteiger partial charge in [-0.3, -0.25) is 4.79 Å². The van der Waals surface area contributed by atoms with Gasteiger partial charge in [-0.25, -0.2) is 4.98 Å². The van der Waals surface area contributed by atoms with Crippen molar-refractivity contribution in [1.29, 1.82) is 0 Å². The second kappa shape index (κ2) is 8.17. The molecule has 0 aliphatic carbocycles. The second-order valence-corrected chi connectivity index (χ2v) is 6.64. The van der Waals surface area contributed by atoms with Gasteiger partial charge in [-0.15, -0.1) is 36.2 Å². The third-order valence-electron chi connectivity index (χ3n) is 3.16. The Morgan fingerprint density at radius 3 is 2.75 bits per heavy atom. The first kappa shape index (κ1) is 19.6. The van der Waals surface area contributed by atoms with Crippen LogP contribution in [0.4, 0.5) is 0 Å². The highest BCUT2D eigenvalue weighted by Gasteiger charge is 2.25. The number of halogens is 2. The van der Waals surface area contributed by atoms with Crippen LogP contribution in [0.3, 0.4) is 0 Å². The molecular weight excluding hydrogens is 317 g/mol. The van der Waals surface area contributed by atoms with E-state index in [1.807, 2.05) is 0 Å². The Morgan fingerprint density at radius 2 is 2.20 bits per heavy atom. The van der Waals surface area contributed by atoms with Crippen molar-refractivity contribution in [3.05, 3.63) is 16.1 Å². The molecule has 1 saturated heterocycles. The van der Waals surface area contributed by atoms with Crippen molar-refractivity contribution >= 4 is 42.1 Å². The first-order chi connectivity index (χ1) is 8.48. The van der Waals surface area contributed by atoms with E-state index in [2.05, 4.69) is 36.4 Å². The van der Waals surface area contributed by atoms with Gasteiger partial charge in [0.05, 0.1) is 11.2 Å². The van der Waals surface area contributed by atoms with Crippen molar-refractivity contribution in [2.75, 3.05) is 13.1 Å². The van der Waals surface area contributed by atoms with Gasteiger partial charge in [-0.2, -0.15) is 0 Å². The smallest absolute Gasteiger partial charge is 0.263 e. The van der Waals surface area contributed by atoms with Crippen LogP contribution in [-0.2, 0) is 5.41 Å². The van der Waals surface area contributed by atoms with Crippen molar-refractivity contribution in [3.8, 4) is 0 Å². The average molecular weight is 340 g/mol. The van der Waals surface area contributed by atoms with Gasteiger partial charge in [0.1, 0.15) is 4.88 Å². The Labute approximate surface area is 137 Å². The number of rotatable bonds is 3. The van der Waals surface area contributed by atoms with Crippen LogP contribution in [0.2, 0.25) is 0 Å². The Balaban J connectivity index is 0.00000180. The van der Waals surface area contributed by atoms with Crippen LogP contribution < -0.4 is 10.6 Å². The number of hydrogen-bond donors (Lipinski definition) is 2. The predicted octanol–water partition coefficient (Wildman–Crippen LogP) is 2.77. The summed E-state index contributed by atoms with van der Waals surface area (Å²) in [6, 6.07) is 0.431. The molecule has 1 amide bonds. The lowest BCUT2D eigenvalue weighted by Gasteiger charge is -2.18. The van der Waals surface area contributed by atoms with Gasteiger partial charge in [-0.05, 0) is 19.4 Å². The molecule has 1 atom stereocenters. The third kappa shape index (κ3) is 4.88. The van der Waals surface area contributed by atoms with Crippen molar-refractivity contribution in [2.45, 2.75) is 45.1 Å². The number of hydrogen-bond acceptors (Lipinski definition) is 4. The summed E-state index contributed by atoms with van der Waals surface area (Å²) in [4.78, 5) is 17.2. The Morgan fingerprint density at radius 1 is 1.50 bits per heavy atom. The predicted molar refractivity (Wildman–Crippen MR) is 88.7 cm³/mol. The SMILES string of the molecule is CC(C)(C)c1ncsc1C(=O)NCC1CCCN1.Cl.Cl. The summed E-state index contributed by atoms with van der Waals surface area (Å²) in [5.41, 5.74) is 2.56. The molecule has 0 saturated carbocycles. The first-order valence-electron chi connectivity index (χ1n) is 6.44. The highest BCUT2D eigenvalue weighted by molar-refractivity contribution is 7.11. The second-order valence-electron chi connectivity index (χ2n) is 5.78. The van der Waals surface area contributed by atoms with Gasteiger partial charge in [0.15, 0.2) is 0 Å². The summed E-state index contributed by atoms with van der Waals surface area (Å²) in [6.45, 7) is 8.01.